The summed E-state index contributed by atoms with van der Waals surface area (Å²) in [7, 11) is 0. The Morgan fingerprint density at radius 3 is 2.73 bits per heavy atom. The standard InChI is InChI=1S/C8H7NO2.CH3NO2/c10-8-5-6-3-1-2-4-7(6)11-9-8;2-1(3)4/h1-4H,5H2,(H,9,10);2H2,(H,3,4). The molecule has 15 heavy (non-hydrogen) atoms. The average Bonchev–Trinajstić information content (AvgIpc) is 2.16. The van der Waals surface area contributed by atoms with Gasteiger partial charge in [-0.15, -0.1) is 0 Å². The second-order valence-corrected chi connectivity index (χ2v) is 2.75. The van der Waals surface area contributed by atoms with Gasteiger partial charge >= 0.3 is 6.09 Å². The van der Waals surface area contributed by atoms with Crippen LogP contribution in [0.3, 0.4) is 0 Å². The number of benzene rings is 1. The van der Waals surface area contributed by atoms with Gasteiger partial charge in [-0.2, -0.15) is 5.48 Å². The number of carboxylic acid groups (broad SMARTS) is 1. The maximum atomic E-state index is 10.8. The van der Waals surface area contributed by atoms with Crippen molar-refractivity contribution in [3.05, 3.63) is 29.8 Å². The topological polar surface area (TPSA) is 102 Å². The zero-order valence-electron chi connectivity index (χ0n) is 7.77. The number of carbonyl (C=O) groups excluding carboxylic acids is 1. The first kappa shape index (κ1) is 10.8. The molecule has 1 heterocycles. The molecule has 2 rings (SSSR count). The lowest BCUT2D eigenvalue weighted by molar-refractivity contribution is -0.128. The Balaban J connectivity index is 0.000000245. The van der Waals surface area contributed by atoms with E-state index in [0.717, 1.165) is 11.3 Å². The van der Waals surface area contributed by atoms with Gasteiger partial charge in [-0.05, 0) is 6.07 Å². The summed E-state index contributed by atoms with van der Waals surface area (Å²) in [4.78, 5) is 24.5. The maximum absolute atomic E-state index is 10.8. The number of amides is 2. The maximum Gasteiger partial charge on any atom is 0.402 e. The van der Waals surface area contributed by atoms with Crippen LogP contribution in [0, 0.1) is 0 Å². The summed E-state index contributed by atoms with van der Waals surface area (Å²) < 4.78 is 0. The van der Waals surface area contributed by atoms with Crippen LogP contribution in [0.4, 0.5) is 4.79 Å². The quantitative estimate of drug-likeness (QED) is 0.572. The van der Waals surface area contributed by atoms with Gasteiger partial charge in [0.2, 0.25) is 0 Å². The predicted octanol–water partition coefficient (Wildman–Crippen LogP) is 0.276. The second-order valence-electron chi connectivity index (χ2n) is 2.75. The van der Waals surface area contributed by atoms with Crippen LogP contribution in [0.25, 0.3) is 0 Å². The van der Waals surface area contributed by atoms with E-state index < -0.39 is 6.09 Å². The molecule has 0 atom stereocenters. The number of nitrogens with two attached hydrogens (primary N) is 1. The van der Waals surface area contributed by atoms with Crippen molar-refractivity contribution in [2.45, 2.75) is 6.42 Å². The number of fused-ring (bicyclic) bond motifs is 1. The molecule has 6 heteroatoms. The molecular formula is C9H10N2O4. The molecule has 6 nitrogen and oxygen atoms in total. The lowest BCUT2D eigenvalue weighted by atomic mass is 10.1. The average molecular weight is 210 g/mol. The smallest absolute Gasteiger partial charge is 0.402 e. The summed E-state index contributed by atoms with van der Waals surface area (Å²) in [5.41, 5.74) is 7.27. The fourth-order valence-electron chi connectivity index (χ4n) is 1.07. The third-order valence-electron chi connectivity index (χ3n) is 1.60. The van der Waals surface area contributed by atoms with Crippen molar-refractivity contribution >= 4 is 12.0 Å². The fourth-order valence-corrected chi connectivity index (χ4v) is 1.07. The lowest BCUT2D eigenvalue weighted by Crippen LogP contribution is -2.32. The molecule has 0 aliphatic carbocycles. The number of carbonyl (C=O) groups is 2. The number of rotatable bonds is 0. The molecule has 0 radical (unpaired) electrons. The molecular weight excluding hydrogens is 200 g/mol. The van der Waals surface area contributed by atoms with Gasteiger partial charge in [0.05, 0.1) is 6.42 Å². The van der Waals surface area contributed by atoms with Gasteiger partial charge in [-0.25, -0.2) is 4.79 Å². The van der Waals surface area contributed by atoms with Crippen LogP contribution in [0.2, 0.25) is 0 Å². The van der Waals surface area contributed by atoms with Crippen LogP contribution >= 0.6 is 0 Å². The van der Waals surface area contributed by atoms with E-state index in [2.05, 4.69) is 11.2 Å². The third kappa shape index (κ3) is 3.55. The molecule has 0 saturated heterocycles. The van der Waals surface area contributed by atoms with Gasteiger partial charge in [0.15, 0.2) is 5.75 Å². The van der Waals surface area contributed by atoms with E-state index in [4.69, 9.17) is 14.7 Å². The zero-order chi connectivity index (χ0) is 11.3. The molecule has 0 saturated carbocycles. The first-order valence-electron chi connectivity index (χ1n) is 4.11. The van der Waals surface area contributed by atoms with Crippen LogP contribution in [0.15, 0.2) is 24.3 Å². The summed E-state index contributed by atoms with van der Waals surface area (Å²) in [6.07, 6.45) is -0.920. The number of para-hydroxylation sites is 1. The number of hydroxylamine groups is 1. The normalized spacial score (nSPS) is 12.4. The Morgan fingerprint density at radius 1 is 1.47 bits per heavy atom. The van der Waals surface area contributed by atoms with Crippen molar-refractivity contribution in [3.8, 4) is 5.75 Å². The molecule has 1 aliphatic heterocycles. The van der Waals surface area contributed by atoms with Gasteiger partial charge in [0, 0.05) is 5.56 Å². The first-order chi connectivity index (χ1) is 7.09. The predicted molar refractivity (Wildman–Crippen MR) is 51.1 cm³/mol. The zero-order valence-corrected chi connectivity index (χ0v) is 7.77. The molecule has 0 spiro atoms. The molecule has 1 aromatic carbocycles. The fraction of sp³-hybridized carbons (Fsp3) is 0.111. The summed E-state index contributed by atoms with van der Waals surface area (Å²) in [6, 6.07) is 7.47. The molecule has 4 N–H and O–H groups in total. The number of primary amides is 1. The Hall–Kier alpha value is -2.24. The van der Waals surface area contributed by atoms with Crippen molar-refractivity contribution < 1.29 is 19.5 Å². The van der Waals surface area contributed by atoms with Crippen molar-refractivity contribution in [1.82, 2.24) is 5.48 Å². The minimum atomic E-state index is -1.33. The molecule has 0 aromatic heterocycles. The van der Waals surface area contributed by atoms with E-state index in [-0.39, 0.29) is 5.91 Å². The second kappa shape index (κ2) is 4.85. The van der Waals surface area contributed by atoms with E-state index in [1.54, 1.807) is 0 Å². The summed E-state index contributed by atoms with van der Waals surface area (Å²) in [6.45, 7) is 0. The van der Waals surface area contributed by atoms with Gasteiger partial charge in [-0.1, -0.05) is 18.2 Å². The van der Waals surface area contributed by atoms with Crippen LogP contribution in [-0.4, -0.2) is 17.1 Å². The summed E-state index contributed by atoms with van der Waals surface area (Å²) in [5, 5.41) is 7.19. The molecule has 2 amide bonds. The summed E-state index contributed by atoms with van der Waals surface area (Å²) in [5.74, 6) is 0.649. The highest BCUT2D eigenvalue weighted by atomic mass is 16.7. The highest BCUT2D eigenvalue weighted by molar-refractivity contribution is 5.79. The largest absolute Gasteiger partial charge is 0.465 e. The van der Waals surface area contributed by atoms with Gasteiger partial charge < -0.3 is 15.7 Å². The number of hydrogen-bond acceptors (Lipinski definition) is 3. The van der Waals surface area contributed by atoms with E-state index in [1.165, 1.54) is 0 Å². The van der Waals surface area contributed by atoms with Crippen molar-refractivity contribution in [3.63, 3.8) is 0 Å². The minimum absolute atomic E-state index is 0.0938. The minimum Gasteiger partial charge on any atom is -0.465 e. The van der Waals surface area contributed by atoms with E-state index >= 15 is 0 Å². The Morgan fingerprint density at radius 2 is 2.07 bits per heavy atom. The van der Waals surface area contributed by atoms with Crippen molar-refractivity contribution in [2.24, 2.45) is 5.73 Å². The van der Waals surface area contributed by atoms with Crippen LogP contribution in [-0.2, 0) is 11.2 Å². The SMILES string of the molecule is NC(=O)O.O=C1Cc2ccccc2ON1. The Bertz CT molecular complexity index is 374. The van der Waals surface area contributed by atoms with E-state index in [1.807, 2.05) is 24.3 Å². The van der Waals surface area contributed by atoms with Gasteiger partial charge in [0.1, 0.15) is 0 Å². The van der Waals surface area contributed by atoms with E-state index in [9.17, 15) is 4.79 Å². The molecule has 0 fully saturated rings. The molecule has 0 bridgehead atoms. The number of nitrogens with one attached hydrogen (secondary N) is 1. The highest BCUT2D eigenvalue weighted by Crippen LogP contribution is 2.19. The lowest BCUT2D eigenvalue weighted by Gasteiger charge is -2.15. The van der Waals surface area contributed by atoms with Gasteiger partial charge in [0.25, 0.3) is 5.91 Å². The Labute approximate surface area is 85.6 Å². The van der Waals surface area contributed by atoms with Crippen LogP contribution in [0.5, 0.6) is 5.75 Å². The summed E-state index contributed by atoms with van der Waals surface area (Å²) >= 11 is 0. The third-order valence-corrected chi connectivity index (χ3v) is 1.60. The highest BCUT2D eigenvalue weighted by Gasteiger charge is 2.14. The van der Waals surface area contributed by atoms with E-state index in [0.29, 0.717) is 6.42 Å². The molecule has 0 unspecified atom stereocenters. The van der Waals surface area contributed by atoms with Crippen LogP contribution < -0.4 is 16.1 Å². The van der Waals surface area contributed by atoms with Crippen molar-refractivity contribution in [1.29, 1.82) is 0 Å². The van der Waals surface area contributed by atoms with Crippen LogP contribution in [0.1, 0.15) is 5.56 Å². The number of hydrogen-bond donors (Lipinski definition) is 3. The Kier molecular flexibility index (Phi) is 3.50. The molecule has 1 aromatic rings. The molecule has 80 valence electrons. The monoisotopic (exact) mass is 210 g/mol. The first-order valence-corrected chi connectivity index (χ1v) is 4.11. The van der Waals surface area contributed by atoms with Crippen molar-refractivity contribution in [2.75, 3.05) is 0 Å². The molecule has 1 aliphatic rings. The van der Waals surface area contributed by atoms with Gasteiger partial charge in [-0.3, -0.25) is 4.79 Å².